The van der Waals surface area contributed by atoms with Gasteiger partial charge < -0.3 is 19.8 Å². The maximum atomic E-state index is 12.2. The zero-order chi connectivity index (χ0) is 20.6. The smallest absolute Gasteiger partial charge is 0.242 e. The maximum Gasteiger partial charge on any atom is 0.242 e. The molecule has 0 saturated heterocycles. The van der Waals surface area contributed by atoms with Crippen molar-refractivity contribution in [2.24, 2.45) is 0 Å². The van der Waals surface area contributed by atoms with E-state index in [0.717, 1.165) is 10.8 Å². The maximum absolute atomic E-state index is 12.2. The minimum Gasteiger partial charge on any atom is -0.486 e. The van der Waals surface area contributed by atoms with Gasteiger partial charge in [-0.1, -0.05) is 17.7 Å². The summed E-state index contributed by atoms with van der Waals surface area (Å²) in [7, 11) is 0. The van der Waals surface area contributed by atoms with Gasteiger partial charge in [0.25, 0.3) is 0 Å². The van der Waals surface area contributed by atoms with E-state index in [4.69, 9.17) is 9.15 Å². The SMILES string of the molecule is Cc1ccc(OCc2nc(CC(=O)NC(C)C(=O)NCc3ccco3)cs2)cc1. The molecule has 152 valence electrons. The predicted octanol–water partition coefficient (Wildman–Crippen LogP) is 2.99. The molecule has 8 heteroatoms. The van der Waals surface area contributed by atoms with Crippen LogP contribution in [0.15, 0.2) is 52.5 Å². The summed E-state index contributed by atoms with van der Waals surface area (Å²) in [6.45, 7) is 4.28. The number of carbonyl (C=O) groups excluding carboxylic acids is 2. The quantitative estimate of drug-likeness (QED) is 0.563. The number of nitrogens with zero attached hydrogens (tertiary/aromatic N) is 1. The van der Waals surface area contributed by atoms with Gasteiger partial charge >= 0.3 is 0 Å². The van der Waals surface area contributed by atoms with Gasteiger partial charge in [-0.05, 0) is 38.1 Å². The van der Waals surface area contributed by atoms with Crippen LogP contribution in [0.5, 0.6) is 5.75 Å². The van der Waals surface area contributed by atoms with E-state index in [-0.39, 0.29) is 24.8 Å². The van der Waals surface area contributed by atoms with E-state index in [0.29, 0.717) is 18.1 Å². The molecular formula is C21H23N3O4S. The molecule has 0 fully saturated rings. The Labute approximate surface area is 173 Å². The fourth-order valence-corrected chi connectivity index (χ4v) is 3.24. The number of amides is 2. The molecular weight excluding hydrogens is 390 g/mol. The highest BCUT2D eigenvalue weighted by Gasteiger charge is 2.17. The zero-order valence-corrected chi connectivity index (χ0v) is 17.1. The van der Waals surface area contributed by atoms with E-state index in [1.54, 1.807) is 25.3 Å². The first-order valence-corrected chi connectivity index (χ1v) is 10.1. The molecule has 0 bridgehead atoms. The highest BCUT2D eigenvalue weighted by atomic mass is 32.1. The normalized spacial score (nSPS) is 11.7. The molecule has 0 aliphatic rings. The van der Waals surface area contributed by atoms with Gasteiger partial charge in [-0.2, -0.15) is 0 Å². The van der Waals surface area contributed by atoms with Gasteiger partial charge in [0.2, 0.25) is 11.8 Å². The fraction of sp³-hybridized carbons (Fsp3) is 0.286. The second-order valence-corrected chi connectivity index (χ2v) is 7.54. The predicted molar refractivity (Wildman–Crippen MR) is 109 cm³/mol. The molecule has 0 saturated carbocycles. The van der Waals surface area contributed by atoms with Crippen molar-refractivity contribution in [2.45, 2.75) is 39.5 Å². The largest absolute Gasteiger partial charge is 0.486 e. The fourth-order valence-electron chi connectivity index (χ4n) is 2.54. The standard InChI is InChI=1S/C21H23N3O4S/c1-14-5-7-17(8-6-14)28-12-20-24-16(13-29-20)10-19(25)23-15(2)21(26)22-11-18-4-3-9-27-18/h3-9,13,15H,10-12H2,1-2H3,(H,22,26)(H,23,25). The first-order valence-electron chi connectivity index (χ1n) is 9.22. The van der Waals surface area contributed by atoms with Gasteiger partial charge in [0.1, 0.15) is 29.2 Å². The van der Waals surface area contributed by atoms with Crippen LogP contribution in [0.2, 0.25) is 0 Å². The summed E-state index contributed by atoms with van der Waals surface area (Å²) in [5, 5.41) is 8.02. The number of hydrogen-bond donors (Lipinski definition) is 2. The molecule has 2 heterocycles. The number of benzene rings is 1. The summed E-state index contributed by atoms with van der Waals surface area (Å²) in [5.74, 6) is 0.890. The number of hydrogen-bond acceptors (Lipinski definition) is 6. The minimum absolute atomic E-state index is 0.108. The lowest BCUT2D eigenvalue weighted by Crippen LogP contribution is -2.45. The number of ether oxygens (including phenoxy) is 1. The lowest BCUT2D eigenvalue weighted by molar-refractivity contribution is -0.128. The van der Waals surface area contributed by atoms with Crippen LogP contribution < -0.4 is 15.4 Å². The Kier molecular flexibility index (Phi) is 7.02. The van der Waals surface area contributed by atoms with Crippen LogP contribution in [-0.2, 0) is 29.2 Å². The van der Waals surface area contributed by atoms with Crippen molar-refractivity contribution in [3.63, 3.8) is 0 Å². The topological polar surface area (TPSA) is 93.5 Å². The molecule has 3 rings (SSSR count). The Bertz CT molecular complexity index is 935. The Morgan fingerprint density at radius 1 is 1.24 bits per heavy atom. The van der Waals surface area contributed by atoms with E-state index in [2.05, 4.69) is 15.6 Å². The second-order valence-electron chi connectivity index (χ2n) is 6.60. The molecule has 29 heavy (non-hydrogen) atoms. The zero-order valence-electron chi connectivity index (χ0n) is 16.3. The van der Waals surface area contributed by atoms with Crippen LogP contribution in [-0.4, -0.2) is 22.8 Å². The van der Waals surface area contributed by atoms with Crippen LogP contribution in [0.4, 0.5) is 0 Å². The van der Waals surface area contributed by atoms with Crippen LogP contribution in [0, 0.1) is 6.92 Å². The molecule has 2 aromatic heterocycles. The molecule has 7 nitrogen and oxygen atoms in total. The molecule has 1 atom stereocenters. The Balaban J connectivity index is 1.41. The van der Waals surface area contributed by atoms with Crippen molar-refractivity contribution >= 4 is 23.2 Å². The number of aromatic nitrogens is 1. The van der Waals surface area contributed by atoms with E-state index >= 15 is 0 Å². The summed E-state index contributed by atoms with van der Waals surface area (Å²) >= 11 is 1.44. The van der Waals surface area contributed by atoms with E-state index in [1.807, 2.05) is 36.6 Å². The molecule has 1 aromatic carbocycles. The van der Waals surface area contributed by atoms with E-state index < -0.39 is 6.04 Å². The summed E-state index contributed by atoms with van der Waals surface area (Å²) in [6, 6.07) is 10.7. The number of carbonyl (C=O) groups is 2. The Hall–Kier alpha value is -3.13. The number of thiazole rings is 1. The Morgan fingerprint density at radius 3 is 2.76 bits per heavy atom. The molecule has 0 aliphatic heterocycles. The molecule has 0 aliphatic carbocycles. The number of furan rings is 1. The lowest BCUT2D eigenvalue weighted by atomic mass is 10.2. The third-order valence-corrected chi connectivity index (χ3v) is 4.98. The van der Waals surface area contributed by atoms with Crippen molar-refractivity contribution in [3.8, 4) is 5.75 Å². The highest BCUT2D eigenvalue weighted by molar-refractivity contribution is 7.09. The van der Waals surface area contributed by atoms with Crippen molar-refractivity contribution in [1.82, 2.24) is 15.6 Å². The molecule has 0 spiro atoms. The second kappa shape index (κ2) is 9.88. The Morgan fingerprint density at radius 2 is 2.03 bits per heavy atom. The summed E-state index contributed by atoms with van der Waals surface area (Å²) in [6.07, 6.45) is 1.65. The third-order valence-electron chi connectivity index (χ3n) is 4.11. The van der Waals surface area contributed by atoms with E-state index in [9.17, 15) is 9.59 Å². The van der Waals surface area contributed by atoms with Crippen LogP contribution in [0.1, 0.15) is 28.9 Å². The molecule has 1 unspecified atom stereocenters. The van der Waals surface area contributed by atoms with Gasteiger partial charge in [0.05, 0.1) is 24.9 Å². The highest BCUT2D eigenvalue weighted by Crippen LogP contribution is 2.16. The van der Waals surface area contributed by atoms with Gasteiger partial charge in [0.15, 0.2) is 0 Å². The van der Waals surface area contributed by atoms with Crippen LogP contribution in [0.3, 0.4) is 0 Å². The first-order chi connectivity index (χ1) is 14.0. The summed E-state index contributed by atoms with van der Waals surface area (Å²) in [4.78, 5) is 28.7. The van der Waals surface area contributed by atoms with Crippen molar-refractivity contribution in [1.29, 1.82) is 0 Å². The van der Waals surface area contributed by atoms with Crippen molar-refractivity contribution < 1.29 is 18.7 Å². The van der Waals surface area contributed by atoms with Gasteiger partial charge in [-0.3, -0.25) is 9.59 Å². The number of aryl methyl sites for hydroxylation is 1. The number of nitrogens with one attached hydrogen (secondary N) is 2. The molecule has 0 radical (unpaired) electrons. The monoisotopic (exact) mass is 413 g/mol. The van der Waals surface area contributed by atoms with Gasteiger partial charge in [-0.15, -0.1) is 11.3 Å². The third kappa shape index (κ3) is 6.46. The van der Waals surface area contributed by atoms with Crippen molar-refractivity contribution in [2.75, 3.05) is 0 Å². The van der Waals surface area contributed by atoms with Gasteiger partial charge in [-0.25, -0.2) is 4.98 Å². The van der Waals surface area contributed by atoms with Crippen LogP contribution in [0.25, 0.3) is 0 Å². The minimum atomic E-state index is -0.652. The summed E-state index contributed by atoms with van der Waals surface area (Å²) in [5.41, 5.74) is 1.82. The average molecular weight is 413 g/mol. The van der Waals surface area contributed by atoms with E-state index in [1.165, 1.54) is 16.9 Å². The van der Waals surface area contributed by atoms with Crippen molar-refractivity contribution in [3.05, 3.63) is 70.1 Å². The average Bonchev–Trinajstić information content (AvgIpc) is 3.37. The summed E-state index contributed by atoms with van der Waals surface area (Å²) < 4.78 is 10.9. The van der Waals surface area contributed by atoms with Gasteiger partial charge in [0, 0.05) is 5.38 Å². The lowest BCUT2D eigenvalue weighted by Gasteiger charge is -2.13. The molecule has 2 amide bonds. The van der Waals surface area contributed by atoms with Crippen LogP contribution >= 0.6 is 11.3 Å². The molecule has 3 aromatic rings. The molecule has 2 N–H and O–H groups in total. The number of rotatable bonds is 9. The first kappa shape index (κ1) is 20.6.